The number of hydrogen-bond donors (Lipinski definition) is 1. The lowest BCUT2D eigenvalue weighted by atomic mass is 10.0. The van der Waals surface area contributed by atoms with E-state index in [4.69, 9.17) is 5.73 Å². The van der Waals surface area contributed by atoms with Gasteiger partial charge in [-0.25, -0.2) is 0 Å². The van der Waals surface area contributed by atoms with E-state index in [0.29, 0.717) is 16.9 Å². The van der Waals surface area contributed by atoms with Gasteiger partial charge >= 0.3 is 0 Å². The monoisotopic (exact) mass is 274 g/mol. The Hall–Kier alpha value is -2.94. The van der Waals surface area contributed by atoms with Gasteiger partial charge in [-0.1, -0.05) is 48.5 Å². The van der Waals surface area contributed by atoms with Crippen molar-refractivity contribution in [1.29, 1.82) is 0 Å². The van der Waals surface area contributed by atoms with Crippen molar-refractivity contribution in [2.45, 2.75) is 0 Å². The Kier molecular flexibility index (Phi) is 3.48. The number of nitrogens with two attached hydrogens (primary N) is 1. The van der Waals surface area contributed by atoms with Crippen molar-refractivity contribution >= 4 is 11.5 Å². The van der Waals surface area contributed by atoms with E-state index in [9.17, 15) is 4.79 Å². The normalized spacial score (nSPS) is 10.3. The number of carbonyl (C=O) groups excluding carboxylic acids is 1. The highest BCUT2D eigenvalue weighted by Gasteiger charge is 2.10. The molecule has 102 valence electrons. The molecular formula is C18H14N2O. The van der Waals surface area contributed by atoms with Crippen LogP contribution in [0.3, 0.4) is 0 Å². The van der Waals surface area contributed by atoms with Gasteiger partial charge in [0.25, 0.3) is 0 Å². The summed E-state index contributed by atoms with van der Waals surface area (Å²) in [6, 6.07) is 20.4. The van der Waals surface area contributed by atoms with Crippen LogP contribution in [-0.2, 0) is 0 Å². The molecule has 0 saturated carbocycles. The van der Waals surface area contributed by atoms with Crippen molar-refractivity contribution in [1.82, 2.24) is 4.98 Å². The average Bonchev–Trinajstić information content (AvgIpc) is 2.55. The van der Waals surface area contributed by atoms with Crippen LogP contribution in [0.25, 0.3) is 11.1 Å². The van der Waals surface area contributed by atoms with Gasteiger partial charge in [0.15, 0.2) is 0 Å². The first-order valence-electron chi connectivity index (χ1n) is 6.66. The van der Waals surface area contributed by atoms with E-state index in [1.807, 2.05) is 48.5 Å². The summed E-state index contributed by atoms with van der Waals surface area (Å²) in [6.45, 7) is 0. The van der Waals surface area contributed by atoms with Gasteiger partial charge in [0, 0.05) is 23.0 Å². The molecule has 1 heterocycles. The minimum absolute atomic E-state index is 0.0743. The summed E-state index contributed by atoms with van der Waals surface area (Å²) in [6.07, 6.45) is 1.70. The van der Waals surface area contributed by atoms with Gasteiger partial charge in [-0.05, 0) is 23.8 Å². The number of rotatable bonds is 3. The molecule has 0 fully saturated rings. The smallest absolute Gasteiger partial charge is 0.211 e. The first-order valence-corrected chi connectivity index (χ1v) is 6.66. The molecule has 0 aliphatic rings. The second-order valence-electron chi connectivity index (χ2n) is 4.75. The second-order valence-corrected chi connectivity index (χ2v) is 4.75. The maximum absolute atomic E-state index is 12.3. The molecule has 0 atom stereocenters. The summed E-state index contributed by atoms with van der Waals surface area (Å²) in [5.41, 5.74) is 9.48. The average molecular weight is 274 g/mol. The minimum atomic E-state index is -0.0743. The number of nitrogens with zero attached hydrogens (tertiary/aromatic N) is 1. The van der Waals surface area contributed by atoms with E-state index in [1.54, 1.807) is 24.4 Å². The highest BCUT2D eigenvalue weighted by Crippen LogP contribution is 2.21. The van der Waals surface area contributed by atoms with Crippen molar-refractivity contribution < 1.29 is 4.79 Å². The summed E-state index contributed by atoms with van der Waals surface area (Å²) < 4.78 is 0. The third-order valence-corrected chi connectivity index (χ3v) is 3.25. The van der Waals surface area contributed by atoms with Crippen LogP contribution in [0.5, 0.6) is 0 Å². The Morgan fingerprint density at radius 1 is 0.857 bits per heavy atom. The van der Waals surface area contributed by atoms with Gasteiger partial charge in [0.1, 0.15) is 5.69 Å². The molecule has 0 aliphatic carbocycles. The molecule has 3 heteroatoms. The summed E-state index contributed by atoms with van der Waals surface area (Å²) in [4.78, 5) is 16.5. The van der Waals surface area contributed by atoms with Crippen LogP contribution in [0.4, 0.5) is 5.69 Å². The largest absolute Gasteiger partial charge is 0.399 e. The van der Waals surface area contributed by atoms with Gasteiger partial charge in [-0.3, -0.25) is 9.78 Å². The molecule has 0 aliphatic heterocycles. The van der Waals surface area contributed by atoms with Crippen molar-refractivity contribution in [3.63, 3.8) is 0 Å². The van der Waals surface area contributed by atoms with Crippen LogP contribution >= 0.6 is 0 Å². The fourth-order valence-electron chi connectivity index (χ4n) is 2.15. The lowest BCUT2D eigenvalue weighted by Gasteiger charge is -2.04. The second kappa shape index (κ2) is 5.59. The number of pyridine rings is 1. The summed E-state index contributed by atoms with van der Waals surface area (Å²) >= 11 is 0. The number of benzene rings is 2. The zero-order chi connectivity index (χ0) is 14.7. The van der Waals surface area contributed by atoms with Crippen LogP contribution in [-0.4, -0.2) is 10.8 Å². The van der Waals surface area contributed by atoms with Gasteiger partial charge in [0.05, 0.1) is 0 Å². The molecule has 0 saturated heterocycles. The summed E-state index contributed by atoms with van der Waals surface area (Å²) in [7, 11) is 0. The van der Waals surface area contributed by atoms with E-state index >= 15 is 0 Å². The van der Waals surface area contributed by atoms with Crippen LogP contribution in [0, 0.1) is 0 Å². The number of hydrogen-bond acceptors (Lipinski definition) is 3. The number of carbonyl (C=O) groups is 1. The first-order chi connectivity index (χ1) is 10.2. The molecular weight excluding hydrogens is 260 g/mol. The lowest BCUT2D eigenvalue weighted by molar-refractivity contribution is 0.103. The molecule has 2 aromatic carbocycles. The molecule has 1 aromatic heterocycles. The van der Waals surface area contributed by atoms with E-state index in [2.05, 4.69) is 4.98 Å². The SMILES string of the molecule is Nc1cccc(-c2ccc(C(=O)c3ccccc3)nc2)c1. The van der Waals surface area contributed by atoms with Crippen molar-refractivity contribution in [2.75, 3.05) is 5.73 Å². The predicted octanol–water partition coefficient (Wildman–Crippen LogP) is 3.56. The Morgan fingerprint density at radius 2 is 1.67 bits per heavy atom. The third kappa shape index (κ3) is 2.82. The van der Waals surface area contributed by atoms with Gasteiger partial charge in [0.2, 0.25) is 5.78 Å². The maximum atomic E-state index is 12.3. The molecule has 21 heavy (non-hydrogen) atoms. The van der Waals surface area contributed by atoms with Gasteiger partial charge in [-0.2, -0.15) is 0 Å². The van der Waals surface area contributed by atoms with Crippen LogP contribution in [0.2, 0.25) is 0 Å². The Bertz CT molecular complexity index is 765. The minimum Gasteiger partial charge on any atom is -0.399 e. The molecule has 3 nitrogen and oxygen atoms in total. The number of nitrogen functional groups attached to an aromatic ring is 1. The topological polar surface area (TPSA) is 56.0 Å². The summed E-state index contributed by atoms with van der Waals surface area (Å²) in [5, 5.41) is 0. The van der Waals surface area contributed by atoms with E-state index in [0.717, 1.165) is 11.1 Å². The standard InChI is InChI=1S/C18H14N2O/c19-16-8-4-7-14(11-16)15-9-10-17(20-12-15)18(21)13-5-2-1-3-6-13/h1-12H,19H2. The molecule has 2 N–H and O–H groups in total. The van der Waals surface area contributed by atoms with E-state index in [-0.39, 0.29) is 5.78 Å². The highest BCUT2D eigenvalue weighted by molar-refractivity contribution is 6.07. The third-order valence-electron chi connectivity index (χ3n) is 3.25. The lowest BCUT2D eigenvalue weighted by Crippen LogP contribution is -2.03. The fourth-order valence-corrected chi connectivity index (χ4v) is 2.15. The van der Waals surface area contributed by atoms with Gasteiger partial charge in [-0.15, -0.1) is 0 Å². The zero-order valence-corrected chi connectivity index (χ0v) is 11.4. The molecule has 0 radical (unpaired) electrons. The van der Waals surface area contributed by atoms with E-state index in [1.165, 1.54) is 0 Å². The van der Waals surface area contributed by atoms with E-state index < -0.39 is 0 Å². The molecule has 3 aromatic rings. The predicted molar refractivity (Wildman–Crippen MR) is 84.0 cm³/mol. The fraction of sp³-hybridized carbons (Fsp3) is 0. The van der Waals surface area contributed by atoms with Crippen molar-refractivity contribution in [2.24, 2.45) is 0 Å². The van der Waals surface area contributed by atoms with Crippen LogP contribution < -0.4 is 5.73 Å². The summed E-state index contributed by atoms with van der Waals surface area (Å²) in [5.74, 6) is -0.0743. The molecule has 0 bridgehead atoms. The van der Waals surface area contributed by atoms with Crippen LogP contribution in [0.15, 0.2) is 72.9 Å². The number of aromatic nitrogens is 1. The van der Waals surface area contributed by atoms with Crippen molar-refractivity contribution in [3.8, 4) is 11.1 Å². The van der Waals surface area contributed by atoms with Gasteiger partial charge < -0.3 is 5.73 Å². The molecule has 0 spiro atoms. The van der Waals surface area contributed by atoms with Crippen molar-refractivity contribution in [3.05, 3.63) is 84.2 Å². The number of anilines is 1. The zero-order valence-electron chi connectivity index (χ0n) is 11.4. The first kappa shape index (κ1) is 13.1. The molecule has 0 unspecified atom stereocenters. The Morgan fingerprint density at radius 3 is 2.33 bits per heavy atom. The maximum Gasteiger partial charge on any atom is 0.211 e. The quantitative estimate of drug-likeness (QED) is 0.587. The Balaban J connectivity index is 1.89. The number of ketones is 1. The Labute approximate surface area is 123 Å². The van der Waals surface area contributed by atoms with Crippen LogP contribution in [0.1, 0.15) is 16.1 Å². The molecule has 0 amide bonds. The molecule has 3 rings (SSSR count). The highest BCUT2D eigenvalue weighted by atomic mass is 16.1.